The third kappa shape index (κ3) is 2.92. The van der Waals surface area contributed by atoms with Crippen LogP contribution in [0.15, 0.2) is 48.1 Å². The quantitative estimate of drug-likeness (QED) is 0.769. The first kappa shape index (κ1) is 16.2. The molecule has 1 aromatic carbocycles. The van der Waals surface area contributed by atoms with Crippen molar-refractivity contribution in [1.82, 2.24) is 4.98 Å². The van der Waals surface area contributed by atoms with Crippen molar-refractivity contribution in [3.05, 3.63) is 53.8 Å². The van der Waals surface area contributed by atoms with Crippen LogP contribution in [0.2, 0.25) is 0 Å². The predicted octanol–water partition coefficient (Wildman–Crippen LogP) is 5.46. The second kappa shape index (κ2) is 5.62. The Kier molecular flexibility index (Phi) is 3.64. The molecule has 2 aliphatic rings. The number of H-pyrrole nitrogens is 1. The van der Waals surface area contributed by atoms with Gasteiger partial charge in [0.1, 0.15) is 0 Å². The van der Waals surface area contributed by atoms with E-state index in [1.807, 2.05) is 6.07 Å². The molecule has 1 saturated carbocycles. The zero-order valence-corrected chi connectivity index (χ0v) is 15.3. The molecule has 4 rings (SSSR count). The zero-order valence-electron chi connectivity index (χ0n) is 15.3. The van der Waals surface area contributed by atoms with Crippen LogP contribution < -0.4 is 5.32 Å². The Hall–Kier alpha value is -2.29. The van der Waals surface area contributed by atoms with E-state index in [-0.39, 0.29) is 16.7 Å². The van der Waals surface area contributed by atoms with E-state index in [1.165, 1.54) is 11.3 Å². The van der Waals surface area contributed by atoms with Crippen LogP contribution in [-0.2, 0) is 10.2 Å². The van der Waals surface area contributed by atoms with Crippen molar-refractivity contribution in [2.45, 2.75) is 51.9 Å². The fourth-order valence-corrected chi connectivity index (χ4v) is 3.61. The topological polar surface area (TPSA) is 44.9 Å². The highest BCUT2D eigenvalue weighted by atomic mass is 16.2. The Morgan fingerprint density at radius 3 is 2.60 bits per heavy atom. The largest absolute Gasteiger partial charge is 0.358 e. The van der Waals surface area contributed by atoms with E-state index < -0.39 is 0 Å². The number of anilines is 1. The van der Waals surface area contributed by atoms with Crippen molar-refractivity contribution >= 4 is 22.5 Å². The van der Waals surface area contributed by atoms with Crippen LogP contribution in [0, 0.1) is 5.41 Å². The van der Waals surface area contributed by atoms with E-state index >= 15 is 0 Å². The number of fused-ring (bicyclic) bond motifs is 1. The summed E-state index contributed by atoms with van der Waals surface area (Å²) in [6, 6.07) is 8.30. The Bertz CT molecular complexity index is 888. The Morgan fingerprint density at radius 1 is 1.16 bits per heavy atom. The standard InChI is InChI=1S/C22H26N2O/c1-21(2,3)19-14-15-13-17(9-10-18(15)24-19)23-20(25)22(11-12-22)16-7-5-4-6-8-16/h5,7-10,13-14,24H,4,6,11-12H2,1-3H3,(H,23,25). The molecule has 0 unspecified atom stereocenters. The van der Waals surface area contributed by atoms with Crippen LogP contribution in [0.4, 0.5) is 5.69 Å². The van der Waals surface area contributed by atoms with Crippen LogP contribution in [0.5, 0.6) is 0 Å². The maximum Gasteiger partial charge on any atom is 0.235 e. The third-order valence-electron chi connectivity index (χ3n) is 5.42. The lowest BCUT2D eigenvalue weighted by Crippen LogP contribution is -2.25. The summed E-state index contributed by atoms with van der Waals surface area (Å²) in [5.41, 5.74) is 4.20. The van der Waals surface area contributed by atoms with Gasteiger partial charge in [0, 0.05) is 27.7 Å². The van der Waals surface area contributed by atoms with Gasteiger partial charge in [0.15, 0.2) is 0 Å². The molecule has 0 saturated heterocycles. The lowest BCUT2D eigenvalue weighted by Gasteiger charge is -2.18. The fourth-order valence-electron chi connectivity index (χ4n) is 3.61. The summed E-state index contributed by atoms with van der Waals surface area (Å²) < 4.78 is 0. The normalized spacial score (nSPS) is 18.9. The molecule has 1 aromatic heterocycles. The van der Waals surface area contributed by atoms with Gasteiger partial charge in [0.05, 0.1) is 5.41 Å². The Labute approximate surface area is 149 Å². The summed E-state index contributed by atoms with van der Waals surface area (Å²) in [7, 11) is 0. The molecule has 0 radical (unpaired) electrons. The highest BCUT2D eigenvalue weighted by Crippen LogP contribution is 2.53. The first-order chi connectivity index (χ1) is 11.9. The molecule has 0 spiro atoms. The average molecular weight is 334 g/mol. The molecular weight excluding hydrogens is 308 g/mol. The van der Waals surface area contributed by atoms with E-state index in [0.29, 0.717) is 0 Å². The van der Waals surface area contributed by atoms with Crippen molar-refractivity contribution < 1.29 is 4.79 Å². The first-order valence-electron chi connectivity index (χ1n) is 9.20. The van der Waals surface area contributed by atoms with Crippen LogP contribution in [0.25, 0.3) is 10.9 Å². The molecule has 1 fully saturated rings. The summed E-state index contributed by atoms with van der Waals surface area (Å²) in [5, 5.41) is 4.30. The number of hydrogen-bond donors (Lipinski definition) is 2. The number of amides is 1. The monoisotopic (exact) mass is 334 g/mol. The molecule has 2 N–H and O–H groups in total. The molecule has 1 heterocycles. The van der Waals surface area contributed by atoms with Crippen molar-refractivity contribution in [2.75, 3.05) is 5.32 Å². The zero-order chi connectivity index (χ0) is 17.7. The predicted molar refractivity (Wildman–Crippen MR) is 104 cm³/mol. The van der Waals surface area contributed by atoms with E-state index in [4.69, 9.17) is 0 Å². The average Bonchev–Trinajstić information content (AvgIpc) is 3.28. The Morgan fingerprint density at radius 2 is 1.96 bits per heavy atom. The van der Waals surface area contributed by atoms with Gasteiger partial charge in [0.25, 0.3) is 0 Å². The third-order valence-corrected chi connectivity index (χ3v) is 5.42. The number of aromatic nitrogens is 1. The van der Waals surface area contributed by atoms with E-state index in [9.17, 15) is 4.79 Å². The molecule has 130 valence electrons. The Balaban J connectivity index is 1.57. The highest BCUT2D eigenvalue weighted by Gasteiger charge is 2.52. The van der Waals surface area contributed by atoms with Crippen LogP contribution >= 0.6 is 0 Å². The van der Waals surface area contributed by atoms with Gasteiger partial charge in [-0.2, -0.15) is 0 Å². The number of rotatable bonds is 3. The molecule has 1 amide bonds. The number of nitrogens with one attached hydrogen (secondary N) is 2. The van der Waals surface area contributed by atoms with Crippen LogP contribution in [0.1, 0.15) is 52.1 Å². The summed E-state index contributed by atoms with van der Waals surface area (Å²) in [5.74, 6) is 0.135. The summed E-state index contributed by atoms with van der Waals surface area (Å²) in [4.78, 5) is 16.4. The minimum absolute atomic E-state index is 0.0836. The van der Waals surface area contributed by atoms with Gasteiger partial charge < -0.3 is 10.3 Å². The molecular formula is C22H26N2O. The first-order valence-corrected chi connectivity index (χ1v) is 9.20. The molecule has 0 bridgehead atoms. The minimum Gasteiger partial charge on any atom is -0.358 e. The van der Waals surface area contributed by atoms with Gasteiger partial charge in [-0.15, -0.1) is 0 Å². The summed E-state index contributed by atoms with van der Waals surface area (Å²) in [6.07, 6.45) is 10.6. The van der Waals surface area contributed by atoms with Crippen LogP contribution in [0.3, 0.4) is 0 Å². The number of aromatic amines is 1. The molecule has 2 aromatic rings. The lowest BCUT2D eigenvalue weighted by molar-refractivity contribution is -0.119. The molecule has 3 heteroatoms. The molecule has 25 heavy (non-hydrogen) atoms. The van der Waals surface area contributed by atoms with E-state index in [1.54, 1.807) is 0 Å². The summed E-state index contributed by atoms with van der Waals surface area (Å²) in [6.45, 7) is 6.59. The fraction of sp³-hybridized carbons (Fsp3) is 0.409. The molecule has 0 aliphatic heterocycles. The van der Waals surface area contributed by atoms with Crippen molar-refractivity contribution in [2.24, 2.45) is 5.41 Å². The van der Waals surface area contributed by atoms with E-state index in [2.05, 4.69) is 67.5 Å². The minimum atomic E-state index is -0.291. The van der Waals surface area contributed by atoms with Gasteiger partial charge in [0.2, 0.25) is 5.91 Å². The molecule has 3 nitrogen and oxygen atoms in total. The van der Waals surface area contributed by atoms with Crippen molar-refractivity contribution in [3.63, 3.8) is 0 Å². The number of carbonyl (C=O) groups excluding carboxylic acids is 1. The molecule has 0 atom stereocenters. The summed E-state index contributed by atoms with van der Waals surface area (Å²) >= 11 is 0. The van der Waals surface area contributed by atoms with Crippen molar-refractivity contribution in [1.29, 1.82) is 0 Å². The van der Waals surface area contributed by atoms with Gasteiger partial charge in [-0.25, -0.2) is 0 Å². The number of hydrogen-bond acceptors (Lipinski definition) is 1. The van der Waals surface area contributed by atoms with Gasteiger partial charge >= 0.3 is 0 Å². The number of benzene rings is 1. The van der Waals surface area contributed by atoms with Gasteiger partial charge in [-0.1, -0.05) is 39.0 Å². The van der Waals surface area contributed by atoms with E-state index in [0.717, 1.165) is 42.3 Å². The SMILES string of the molecule is CC(C)(C)c1cc2cc(NC(=O)C3(C4=CCCC=C4)CC3)ccc2[nH]1. The highest BCUT2D eigenvalue weighted by molar-refractivity contribution is 6.01. The second-order valence-corrected chi connectivity index (χ2v) is 8.41. The van der Waals surface area contributed by atoms with Crippen molar-refractivity contribution in [3.8, 4) is 0 Å². The maximum absolute atomic E-state index is 12.9. The smallest absolute Gasteiger partial charge is 0.235 e. The van der Waals surface area contributed by atoms with Gasteiger partial charge in [-0.05, 0) is 55.5 Å². The van der Waals surface area contributed by atoms with Crippen LogP contribution in [-0.4, -0.2) is 10.9 Å². The second-order valence-electron chi connectivity index (χ2n) is 8.41. The maximum atomic E-state index is 12.9. The lowest BCUT2D eigenvalue weighted by atomic mass is 9.90. The number of carbonyl (C=O) groups is 1. The van der Waals surface area contributed by atoms with Gasteiger partial charge in [-0.3, -0.25) is 4.79 Å². The number of allylic oxidation sites excluding steroid dienone is 3. The molecule has 2 aliphatic carbocycles.